The van der Waals surface area contributed by atoms with E-state index in [1.54, 1.807) is 0 Å². The maximum atomic E-state index is 12.4. The molecule has 0 aromatic heterocycles. The van der Waals surface area contributed by atoms with Crippen molar-refractivity contribution in [3.63, 3.8) is 0 Å². The van der Waals surface area contributed by atoms with Crippen LogP contribution in [0.15, 0.2) is 24.3 Å². The first-order valence-corrected chi connectivity index (χ1v) is 13.1. The van der Waals surface area contributed by atoms with Crippen LogP contribution < -0.4 is 5.73 Å². The second kappa shape index (κ2) is 10.2. The molecular formula is C13H20NO16P3. The van der Waals surface area contributed by atoms with E-state index in [2.05, 4.69) is 13.6 Å². The molecule has 0 bridgehead atoms. The van der Waals surface area contributed by atoms with Gasteiger partial charge in [0.2, 0.25) is 0 Å². The largest absolute Gasteiger partial charge is 0.470 e. The summed E-state index contributed by atoms with van der Waals surface area (Å²) in [6.45, 7) is 0. The molecule has 0 unspecified atom stereocenters. The minimum atomic E-state index is -5.55. The lowest BCUT2D eigenvalue weighted by Crippen LogP contribution is -2.66. The van der Waals surface area contributed by atoms with Gasteiger partial charge >= 0.3 is 29.4 Å². The minimum absolute atomic E-state index is 0.207. The summed E-state index contributed by atoms with van der Waals surface area (Å²) in [5.74, 6) is -1.27. The zero-order valence-corrected chi connectivity index (χ0v) is 18.7. The van der Waals surface area contributed by atoms with E-state index in [1.165, 1.54) is 12.1 Å². The number of hydrogen-bond donors (Lipinski definition) is 9. The molecule has 1 aromatic carbocycles. The number of aliphatic hydroxyl groups is 2. The summed E-state index contributed by atoms with van der Waals surface area (Å²) in [5.41, 5.74) is 5.52. The van der Waals surface area contributed by atoms with Crippen molar-refractivity contribution < 1.29 is 76.4 Å². The van der Waals surface area contributed by atoms with Crippen molar-refractivity contribution in [2.45, 2.75) is 36.6 Å². The van der Waals surface area contributed by atoms with Gasteiger partial charge < -0.3 is 50.0 Å². The summed E-state index contributed by atoms with van der Waals surface area (Å²) >= 11 is 0. The average molecular weight is 539 g/mol. The molecule has 0 heterocycles. The number of carbonyl (C=O) groups excluding carboxylic acids is 1. The number of phosphoric ester groups is 3. The number of phosphoric acid groups is 3. The van der Waals surface area contributed by atoms with Crippen molar-refractivity contribution >= 4 is 35.1 Å². The lowest BCUT2D eigenvalue weighted by Gasteiger charge is -2.45. The van der Waals surface area contributed by atoms with Gasteiger partial charge in [-0.15, -0.1) is 0 Å². The molecule has 1 fully saturated rings. The molecule has 2 rings (SSSR count). The van der Waals surface area contributed by atoms with Crippen molar-refractivity contribution in [2.75, 3.05) is 5.73 Å². The number of esters is 1. The van der Waals surface area contributed by atoms with Gasteiger partial charge in [-0.25, -0.2) is 18.5 Å². The zero-order valence-electron chi connectivity index (χ0n) is 16.0. The van der Waals surface area contributed by atoms with E-state index in [0.29, 0.717) is 0 Å². The standard InChI is InChI=1S/C13H20NO16P3/c14-6-3-1-5(2-4-6)13(17)27-9-7(15)11(29-32(21,22)23)12(30-33(24,25)26)8(16)10(9)28-31(18,19)20/h1-4,7-12,15-16H,14H2,(H2,18,19,20)(H2,21,22,23)(H2,24,25,26)/t7-,8-,9+,10-,11+,12+/m0/s1. The second-order valence-corrected chi connectivity index (χ2v) is 10.2. The van der Waals surface area contributed by atoms with Gasteiger partial charge in [0, 0.05) is 5.69 Å². The molecular weight excluding hydrogens is 519 g/mol. The SMILES string of the molecule is Nc1ccc(C(=O)O[C@@H]2[C@H](O)[C@@H](OP(=O)(O)O)[C@H](OP(=O)(O)O)[C@@H](O)[C@@H]2OP(=O)(O)O)cc1. The van der Waals surface area contributed by atoms with Gasteiger partial charge in [0.15, 0.2) is 6.10 Å². The maximum absolute atomic E-state index is 12.4. The van der Waals surface area contributed by atoms with E-state index in [0.717, 1.165) is 12.1 Å². The monoisotopic (exact) mass is 539 g/mol. The molecule has 1 aliphatic carbocycles. The number of benzene rings is 1. The summed E-state index contributed by atoms with van der Waals surface area (Å²) in [5, 5.41) is 21.0. The summed E-state index contributed by atoms with van der Waals surface area (Å²) in [6.07, 6.45) is -14.7. The van der Waals surface area contributed by atoms with Crippen molar-refractivity contribution in [3.05, 3.63) is 29.8 Å². The van der Waals surface area contributed by atoms with Crippen LogP contribution in [0.2, 0.25) is 0 Å². The molecule has 0 radical (unpaired) electrons. The van der Waals surface area contributed by atoms with E-state index in [9.17, 15) is 28.7 Å². The molecule has 10 N–H and O–H groups in total. The highest BCUT2D eigenvalue weighted by atomic mass is 31.2. The van der Waals surface area contributed by atoms with Crippen LogP contribution in [0.25, 0.3) is 0 Å². The van der Waals surface area contributed by atoms with E-state index in [-0.39, 0.29) is 11.3 Å². The maximum Gasteiger partial charge on any atom is 0.470 e. The molecule has 6 atom stereocenters. The molecule has 33 heavy (non-hydrogen) atoms. The summed E-state index contributed by atoms with van der Waals surface area (Å²) in [4.78, 5) is 67.0. The first-order chi connectivity index (χ1) is 14.9. The zero-order chi connectivity index (χ0) is 25.4. The number of carbonyl (C=O) groups is 1. The lowest BCUT2D eigenvalue weighted by atomic mass is 9.85. The van der Waals surface area contributed by atoms with Gasteiger partial charge in [-0.2, -0.15) is 0 Å². The van der Waals surface area contributed by atoms with E-state index in [4.69, 9.17) is 39.8 Å². The Morgan fingerprint density at radius 3 is 1.39 bits per heavy atom. The molecule has 0 spiro atoms. The Kier molecular flexibility index (Phi) is 8.61. The smallest absolute Gasteiger partial charge is 0.453 e. The number of aliphatic hydroxyl groups excluding tert-OH is 2. The van der Waals surface area contributed by atoms with Crippen molar-refractivity contribution in [2.24, 2.45) is 0 Å². The fraction of sp³-hybridized carbons (Fsp3) is 0.462. The molecule has 0 aliphatic heterocycles. The molecule has 188 valence electrons. The third-order valence-corrected chi connectivity index (χ3v) is 5.71. The van der Waals surface area contributed by atoms with Gasteiger partial charge in [0.25, 0.3) is 0 Å². The summed E-state index contributed by atoms with van der Waals surface area (Å²) in [7, 11) is -16.6. The van der Waals surface area contributed by atoms with Gasteiger partial charge in [-0.05, 0) is 24.3 Å². The topological polar surface area (TPSA) is 293 Å². The normalized spacial score (nSPS) is 29.0. The number of nitrogens with two attached hydrogens (primary N) is 1. The van der Waals surface area contributed by atoms with Crippen molar-refractivity contribution in [1.82, 2.24) is 0 Å². The number of hydrogen-bond acceptors (Lipinski definition) is 11. The first-order valence-electron chi connectivity index (χ1n) is 8.52. The van der Waals surface area contributed by atoms with Crippen LogP contribution in [0, 0.1) is 0 Å². The van der Waals surface area contributed by atoms with Crippen LogP contribution in [0.4, 0.5) is 5.69 Å². The van der Waals surface area contributed by atoms with Crippen LogP contribution in [-0.4, -0.2) is 82.2 Å². The van der Waals surface area contributed by atoms with Crippen LogP contribution in [0.1, 0.15) is 10.4 Å². The Bertz CT molecular complexity index is 984. The Labute approximate surface area is 184 Å². The van der Waals surface area contributed by atoms with Gasteiger partial charge in [0.05, 0.1) is 5.56 Å². The Balaban J connectivity index is 2.49. The predicted molar refractivity (Wildman–Crippen MR) is 103 cm³/mol. The van der Waals surface area contributed by atoms with Gasteiger partial charge in [0.1, 0.15) is 30.5 Å². The fourth-order valence-electron chi connectivity index (χ4n) is 2.94. The first kappa shape index (κ1) is 28.0. The minimum Gasteiger partial charge on any atom is -0.453 e. The van der Waals surface area contributed by atoms with E-state index >= 15 is 0 Å². The molecule has 1 aromatic rings. The third kappa shape index (κ3) is 8.17. The lowest BCUT2D eigenvalue weighted by molar-refractivity contribution is -0.212. The van der Waals surface area contributed by atoms with Crippen molar-refractivity contribution in [1.29, 1.82) is 0 Å². The van der Waals surface area contributed by atoms with Gasteiger partial charge in [-0.3, -0.25) is 13.6 Å². The van der Waals surface area contributed by atoms with Crippen LogP contribution in [0.3, 0.4) is 0 Å². The second-order valence-electron chi connectivity index (χ2n) is 6.65. The Morgan fingerprint density at radius 2 is 1.03 bits per heavy atom. The molecule has 0 amide bonds. The molecule has 1 saturated carbocycles. The number of rotatable bonds is 8. The van der Waals surface area contributed by atoms with E-state index < -0.39 is 66.1 Å². The summed E-state index contributed by atoms with van der Waals surface area (Å²) in [6, 6.07) is 4.86. The van der Waals surface area contributed by atoms with Crippen LogP contribution in [-0.2, 0) is 32.0 Å². The van der Waals surface area contributed by atoms with Crippen LogP contribution >= 0.6 is 23.5 Å². The molecule has 0 saturated heterocycles. The molecule has 17 nitrogen and oxygen atoms in total. The Morgan fingerprint density at radius 1 is 0.697 bits per heavy atom. The predicted octanol–water partition coefficient (Wildman–Crippen LogP) is -2.04. The number of anilines is 1. The number of nitrogen functional groups attached to an aromatic ring is 1. The summed E-state index contributed by atoms with van der Waals surface area (Å²) < 4.78 is 51.7. The highest BCUT2D eigenvalue weighted by Crippen LogP contribution is 2.49. The molecule has 1 aliphatic rings. The Hall–Kier alpha value is -1.26. The van der Waals surface area contributed by atoms with E-state index in [1.807, 2.05) is 0 Å². The highest BCUT2D eigenvalue weighted by molar-refractivity contribution is 7.46. The third-order valence-electron chi connectivity index (χ3n) is 4.16. The average Bonchev–Trinajstić information content (AvgIpc) is 2.63. The fourth-order valence-corrected chi connectivity index (χ4v) is 4.63. The number of ether oxygens (including phenoxy) is 1. The van der Waals surface area contributed by atoms with Crippen molar-refractivity contribution in [3.8, 4) is 0 Å². The quantitative estimate of drug-likeness (QED) is 0.0976. The van der Waals surface area contributed by atoms with Crippen LogP contribution in [0.5, 0.6) is 0 Å². The molecule has 20 heteroatoms. The van der Waals surface area contributed by atoms with Gasteiger partial charge in [-0.1, -0.05) is 0 Å². The highest BCUT2D eigenvalue weighted by Gasteiger charge is 2.58.